The van der Waals surface area contributed by atoms with Gasteiger partial charge < -0.3 is 4.74 Å². The minimum absolute atomic E-state index is 0.0516. The summed E-state index contributed by atoms with van der Waals surface area (Å²) in [5, 5.41) is 0.0516. The van der Waals surface area contributed by atoms with Crippen molar-refractivity contribution in [1.29, 1.82) is 0 Å². The van der Waals surface area contributed by atoms with Crippen LogP contribution < -0.4 is 16.0 Å². The SMILES string of the molecule is COc1ccc(CCn2c(=O)cc(Cl)[nH]c2=O)cc1. The Balaban J connectivity index is 2.14. The number of hydrogen-bond acceptors (Lipinski definition) is 3. The maximum Gasteiger partial charge on any atom is 0.329 e. The number of methoxy groups -OCH3 is 1. The standard InChI is InChI=1S/C13H13ClN2O3/c1-19-10-4-2-9(3-5-10)6-7-16-12(17)8-11(14)15-13(16)18/h2-5,8H,6-7H2,1H3,(H,15,18). The highest BCUT2D eigenvalue weighted by atomic mass is 35.5. The van der Waals surface area contributed by atoms with Gasteiger partial charge in [0, 0.05) is 12.6 Å². The van der Waals surface area contributed by atoms with Gasteiger partial charge in [0.05, 0.1) is 7.11 Å². The van der Waals surface area contributed by atoms with Crippen molar-refractivity contribution in [3.05, 3.63) is 61.9 Å². The van der Waals surface area contributed by atoms with Crippen LogP contribution in [0.3, 0.4) is 0 Å². The fraction of sp³-hybridized carbons (Fsp3) is 0.231. The number of halogens is 1. The Hall–Kier alpha value is -2.01. The van der Waals surface area contributed by atoms with Crippen molar-refractivity contribution < 1.29 is 4.74 Å². The van der Waals surface area contributed by atoms with E-state index in [2.05, 4.69) is 4.98 Å². The number of aromatic nitrogens is 2. The van der Waals surface area contributed by atoms with E-state index >= 15 is 0 Å². The van der Waals surface area contributed by atoms with Gasteiger partial charge in [0.25, 0.3) is 5.56 Å². The van der Waals surface area contributed by atoms with E-state index in [-0.39, 0.29) is 5.15 Å². The summed E-state index contributed by atoms with van der Waals surface area (Å²) in [4.78, 5) is 25.6. The third-order valence-corrected chi connectivity index (χ3v) is 2.97. The molecule has 1 aromatic heterocycles. The molecule has 2 rings (SSSR count). The Morgan fingerprint density at radius 3 is 2.53 bits per heavy atom. The van der Waals surface area contributed by atoms with Gasteiger partial charge in [-0.05, 0) is 24.1 Å². The molecule has 1 aromatic carbocycles. The number of ether oxygens (including phenoxy) is 1. The summed E-state index contributed by atoms with van der Waals surface area (Å²) in [6, 6.07) is 8.66. The lowest BCUT2D eigenvalue weighted by atomic mass is 10.1. The van der Waals surface area contributed by atoms with Gasteiger partial charge in [-0.2, -0.15) is 0 Å². The Morgan fingerprint density at radius 1 is 1.26 bits per heavy atom. The van der Waals surface area contributed by atoms with E-state index in [4.69, 9.17) is 16.3 Å². The van der Waals surface area contributed by atoms with E-state index in [1.54, 1.807) is 7.11 Å². The third kappa shape index (κ3) is 3.26. The van der Waals surface area contributed by atoms with Crippen LogP contribution in [0.5, 0.6) is 5.75 Å². The molecule has 0 amide bonds. The molecule has 1 heterocycles. The third-order valence-electron chi connectivity index (χ3n) is 2.77. The van der Waals surface area contributed by atoms with Gasteiger partial charge in [-0.25, -0.2) is 4.79 Å². The quantitative estimate of drug-likeness (QED) is 0.862. The predicted molar refractivity (Wildman–Crippen MR) is 73.0 cm³/mol. The summed E-state index contributed by atoms with van der Waals surface area (Å²) in [5.41, 5.74) is 0.121. The predicted octanol–water partition coefficient (Wildman–Crippen LogP) is 1.44. The van der Waals surface area contributed by atoms with Crippen molar-refractivity contribution >= 4 is 11.6 Å². The fourth-order valence-electron chi connectivity index (χ4n) is 1.74. The first-order valence-corrected chi connectivity index (χ1v) is 6.10. The Labute approximate surface area is 114 Å². The van der Waals surface area contributed by atoms with Crippen LogP contribution in [0.4, 0.5) is 0 Å². The zero-order valence-electron chi connectivity index (χ0n) is 10.4. The van der Waals surface area contributed by atoms with Crippen molar-refractivity contribution in [3.8, 4) is 5.75 Å². The number of aromatic amines is 1. The normalized spacial score (nSPS) is 10.4. The molecule has 0 saturated carbocycles. The second-order valence-corrected chi connectivity index (χ2v) is 4.42. The molecule has 0 radical (unpaired) electrons. The smallest absolute Gasteiger partial charge is 0.329 e. The van der Waals surface area contributed by atoms with E-state index in [0.29, 0.717) is 13.0 Å². The van der Waals surface area contributed by atoms with Crippen LogP contribution in [0, 0.1) is 0 Å². The molecule has 0 fully saturated rings. The highest BCUT2D eigenvalue weighted by Gasteiger charge is 2.03. The Bertz CT molecular complexity index is 642. The van der Waals surface area contributed by atoms with Gasteiger partial charge in [0.1, 0.15) is 10.9 Å². The number of aryl methyl sites for hydroxylation is 1. The molecule has 0 atom stereocenters. The van der Waals surface area contributed by atoms with Crippen LogP contribution in [0.1, 0.15) is 5.56 Å². The zero-order valence-corrected chi connectivity index (χ0v) is 11.1. The van der Waals surface area contributed by atoms with Crippen molar-refractivity contribution in [2.45, 2.75) is 13.0 Å². The summed E-state index contributed by atoms with van der Waals surface area (Å²) in [5.74, 6) is 0.769. The zero-order chi connectivity index (χ0) is 13.8. The van der Waals surface area contributed by atoms with E-state index in [9.17, 15) is 9.59 Å². The summed E-state index contributed by atoms with van der Waals surface area (Å²) in [6.07, 6.45) is 0.578. The van der Waals surface area contributed by atoms with Gasteiger partial charge in [0.2, 0.25) is 0 Å². The van der Waals surface area contributed by atoms with Crippen LogP contribution in [0.25, 0.3) is 0 Å². The highest BCUT2D eigenvalue weighted by molar-refractivity contribution is 6.29. The van der Waals surface area contributed by atoms with E-state index in [1.165, 1.54) is 6.07 Å². The lowest BCUT2D eigenvalue weighted by molar-refractivity contribution is 0.414. The Morgan fingerprint density at radius 2 is 1.95 bits per heavy atom. The van der Waals surface area contributed by atoms with Crippen molar-refractivity contribution in [2.24, 2.45) is 0 Å². The Kier molecular flexibility index (Phi) is 4.06. The number of nitrogens with one attached hydrogen (secondary N) is 1. The average molecular weight is 281 g/mol. The second-order valence-electron chi connectivity index (χ2n) is 4.01. The molecule has 0 aliphatic rings. The van der Waals surface area contributed by atoms with Crippen LogP contribution in [0.2, 0.25) is 5.15 Å². The largest absolute Gasteiger partial charge is 0.497 e. The minimum Gasteiger partial charge on any atom is -0.497 e. The van der Waals surface area contributed by atoms with Gasteiger partial charge in [-0.1, -0.05) is 23.7 Å². The number of rotatable bonds is 4. The van der Waals surface area contributed by atoms with Crippen LogP contribution in [-0.4, -0.2) is 16.7 Å². The van der Waals surface area contributed by atoms with Gasteiger partial charge in [-0.15, -0.1) is 0 Å². The van der Waals surface area contributed by atoms with E-state index in [0.717, 1.165) is 15.9 Å². The maximum atomic E-state index is 11.6. The summed E-state index contributed by atoms with van der Waals surface area (Å²) in [7, 11) is 1.60. The molecule has 0 saturated heterocycles. The van der Waals surface area contributed by atoms with Crippen molar-refractivity contribution in [1.82, 2.24) is 9.55 Å². The lowest BCUT2D eigenvalue weighted by Crippen LogP contribution is -2.35. The average Bonchev–Trinajstić information content (AvgIpc) is 2.38. The summed E-state index contributed by atoms with van der Waals surface area (Å²) < 4.78 is 6.18. The van der Waals surface area contributed by atoms with Crippen LogP contribution in [0.15, 0.2) is 39.9 Å². The molecular weight excluding hydrogens is 268 g/mol. The first kappa shape index (κ1) is 13.4. The van der Waals surface area contributed by atoms with E-state index in [1.807, 2.05) is 24.3 Å². The van der Waals surface area contributed by atoms with Crippen LogP contribution in [-0.2, 0) is 13.0 Å². The van der Waals surface area contributed by atoms with Gasteiger partial charge in [0.15, 0.2) is 0 Å². The topological polar surface area (TPSA) is 64.1 Å². The molecule has 5 nitrogen and oxygen atoms in total. The number of hydrogen-bond donors (Lipinski definition) is 1. The first-order chi connectivity index (χ1) is 9.10. The molecule has 0 spiro atoms. The molecule has 0 unspecified atom stereocenters. The summed E-state index contributed by atoms with van der Waals surface area (Å²) in [6.45, 7) is 0.303. The molecule has 0 bridgehead atoms. The number of nitrogens with zero attached hydrogens (tertiary/aromatic N) is 1. The van der Waals surface area contributed by atoms with E-state index < -0.39 is 11.2 Å². The lowest BCUT2D eigenvalue weighted by Gasteiger charge is -2.05. The second kappa shape index (κ2) is 5.75. The van der Waals surface area contributed by atoms with Gasteiger partial charge >= 0.3 is 5.69 Å². The fourth-order valence-corrected chi connectivity index (χ4v) is 1.91. The molecule has 6 heteroatoms. The molecule has 100 valence electrons. The molecule has 1 N–H and O–H groups in total. The molecule has 19 heavy (non-hydrogen) atoms. The first-order valence-electron chi connectivity index (χ1n) is 5.73. The van der Waals surface area contributed by atoms with Gasteiger partial charge in [-0.3, -0.25) is 14.3 Å². The van der Waals surface area contributed by atoms with Crippen molar-refractivity contribution in [3.63, 3.8) is 0 Å². The summed E-state index contributed by atoms with van der Waals surface area (Å²) >= 11 is 5.59. The monoisotopic (exact) mass is 280 g/mol. The number of H-pyrrole nitrogens is 1. The molecular formula is C13H13ClN2O3. The molecule has 2 aromatic rings. The maximum absolute atomic E-state index is 11.6. The highest BCUT2D eigenvalue weighted by Crippen LogP contribution is 2.11. The molecule has 0 aliphatic carbocycles. The van der Waals surface area contributed by atoms with Crippen LogP contribution >= 0.6 is 11.6 Å². The molecule has 0 aliphatic heterocycles. The number of benzene rings is 1. The van der Waals surface area contributed by atoms with Crippen molar-refractivity contribution in [2.75, 3.05) is 7.11 Å². The minimum atomic E-state index is -0.494.